The summed E-state index contributed by atoms with van der Waals surface area (Å²) in [5.41, 5.74) is 6.59. The Bertz CT molecular complexity index is 425. The fraction of sp³-hybridized carbons (Fsp3) is 0.667. The fourth-order valence-corrected chi connectivity index (χ4v) is 1.85. The third kappa shape index (κ3) is 3.75. The van der Waals surface area contributed by atoms with Gasteiger partial charge in [-0.25, -0.2) is 0 Å². The van der Waals surface area contributed by atoms with Crippen LogP contribution in [0.25, 0.3) is 0 Å². The molecule has 1 heterocycles. The summed E-state index contributed by atoms with van der Waals surface area (Å²) in [7, 11) is 0. The van der Waals surface area contributed by atoms with E-state index in [0.717, 1.165) is 25.3 Å². The summed E-state index contributed by atoms with van der Waals surface area (Å²) in [5, 5.41) is 3.48. The summed E-state index contributed by atoms with van der Waals surface area (Å²) in [6.45, 7) is 7.30. The van der Waals surface area contributed by atoms with Gasteiger partial charge in [0, 0.05) is 5.54 Å². The number of nitrogens with one attached hydrogen (secondary N) is 1. The van der Waals surface area contributed by atoms with E-state index in [9.17, 15) is 0 Å². The SMILES string of the molecule is CCC(C)(CC)Nc1ccc(N)c(OCC2CC2)n1. The van der Waals surface area contributed by atoms with Gasteiger partial charge in [0.2, 0.25) is 5.88 Å². The zero-order valence-electron chi connectivity index (χ0n) is 12.2. The van der Waals surface area contributed by atoms with Gasteiger partial charge in [-0.1, -0.05) is 13.8 Å². The number of hydrogen-bond donors (Lipinski definition) is 2. The number of hydrogen-bond acceptors (Lipinski definition) is 4. The van der Waals surface area contributed by atoms with Crippen molar-refractivity contribution in [2.24, 2.45) is 5.92 Å². The maximum atomic E-state index is 5.91. The minimum Gasteiger partial charge on any atom is -0.476 e. The molecule has 0 unspecified atom stereocenters. The zero-order valence-corrected chi connectivity index (χ0v) is 12.2. The average molecular weight is 263 g/mol. The van der Waals surface area contributed by atoms with Crippen molar-refractivity contribution in [3.63, 3.8) is 0 Å². The lowest BCUT2D eigenvalue weighted by Crippen LogP contribution is -2.33. The van der Waals surface area contributed by atoms with Gasteiger partial charge in [-0.2, -0.15) is 4.98 Å². The second-order valence-corrected chi connectivity index (χ2v) is 5.74. The minimum atomic E-state index is 0.0663. The third-order valence-electron chi connectivity index (χ3n) is 4.03. The van der Waals surface area contributed by atoms with E-state index in [0.29, 0.717) is 17.5 Å². The van der Waals surface area contributed by atoms with Crippen molar-refractivity contribution in [1.82, 2.24) is 4.98 Å². The number of ether oxygens (including phenoxy) is 1. The van der Waals surface area contributed by atoms with Crippen LogP contribution in [0.3, 0.4) is 0 Å². The Morgan fingerprint density at radius 2 is 2.05 bits per heavy atom. The van der Waals surface area contributed by atoms with Crippen LogP contribution in [0.15, 0.2) is 12.1 Å². The summed E-state index contributed by atoms with van der Waals surface area (Å²) >= 11 is 0. The molecule has 0 aromatic carbocycles. The Balaban J connectivity index is 2.06. The van der Waals surface area contributed by atoms with Crippen LogP contribution < -0.4 is 15.8 Å². The van der Waals surface area contributed by atoms with Crippen molar-refractivity contribution in [3.05, 3.63) is 12.1 Å². The highest BCUT2D eigenvalue weighted by Gasteiger charge is 2.23. The van der Waals surface area contributed by atoms with Crippen LogP contribution in [0.1, 0.15) is 46.5 Å². The molecule has 19 heavy (non-hydrogen) atoms. The molecule has 4 nitrogen and oxygen atoms in total. The Morgan fingerprint density at radius 3 is 2.63 bits per heavy atom. The molecule has 1 aliphatic rings. The molecule has 106 valence electrons. The van der Waals surface area contributed by atoms with Crippen LogP contribution in [-0.2, 0) is 0 Å². The second kappa shape index (κ2) is 5.68. The molecule has 0 aliphatic heterocycles. The standard InChI is InChI=1S/C15H25N3O/c1-4-15(3,5-2)18-13-9-8-12(16)14(17-13)19-10-11-6-7-11/h8-9,11H,4-7,10,16H2,1-3H3,(H,17,18). The Morgan fingerprint density at radius 1 is 1.37 bits per heavy atom. The predicted molar refractivity (Wildman–Crippen MR) is 79.5 cm³/mol. The quantitative estimate of drug-likeness (QED) is 0.791. The number of nitrogens with zero attached hydrogens (tertiary/aromatic N) is 1. The van der Waals surface area contributed by atoms with Crippen LogP contribution in [-0.4, -0.2) is 17.1 Å². The largest absolute Gasteiger partial charge is 0.476 e. The Kier molecular flexibility index (Phi) is 4.17. The van der Waals surface area contributed by atoms with Crippen LogP contribution in [0.4, 0.5) is 11.5 Å². The average Bonchev–Trinajstić information content (AvgIpc) is 3.23. The van der Waals surface area contributed by atoms with Crippen molar-refractivity contribution in [2.45, 2.75) is 52.0 Å². The van der Waals surface area contributed by atoms with Gasteiger partial charge < -0.3 is 15.8 Å². The topological polar surface area (TPSA) is 60.2 Å². The summed E-state index contributed by atoms with van der Waals surface area (Å²) in [5.74, 6) is 2.10. The van der Waals surface area contributed by atoms with E-state index in [2.05, 4.69) is 31.1 Å². The molecule has 1 aromatic heterocycles. The molecule has 0 amide bonds. The van der Waals surface area contributed by atoms with Crippen LogP contribution in [0, 0.1) is 5.92 Å². The maximum absolute atomic E-state index is 5.91. The van der Waals surface area contributed by atoms with Gasteiger partial charge in [0.05, 0.1) is 12.3 Å². The van der Waals surface area contributed by atoms with Gasteiger partial charge in [0.15, 0.2) is 0 Å². The summed E-state index contributed by atoms with van der Waals surface area (Å²) in [6, 6.07) is 3.78. The van der Waals surface area contributed by atoms with E-state index in [1.165, 1.54) is 12.8 Å². The van der Waals surface area contributed by atoms with E-state index in [-0.39, 0.29) is 5.54 Å². The van der Waals surface area contributed by atoms with Crippen molar-refractivity contribution in [1.29, 1.82) is 0 Å². The second-order valence-electron chi connectivity index (χ2n) is 5.74. The molecule has 0 spiro atoms. The first-order valence-electron chi connectivity index (χ1n) is 7.24. The molecule has 0 bridgehead atoms. The number of pyridine rings is 1. The van der Waals surface area contributed by atoms with Gasteiger partial charge in [0.1, 0.15) is 5.82 Å². The zero-order chi connectivity index (χ0) is 13.9. The number of rotatable bonds is 7. The van der Waals surface area contributed by atoms with Gasteiger partial charge >= 0.3 is 0 Å². The summed E-state index contributed by atoms with van der Waals surface area (Å²) < 4.78 is 5.71. The molecule has 1 fully saturated rings. The normalized spacial score (nSPS) is 15.3. The van der Waals surface area contributed by atoms with Gasteiger partial charge in [0.25, 0.3) is 0 Å². The molecule has 1 aliphatic carbocycles. The monoisotopic (exact) mass is 263 g/mol. The van der Waals surface area contributed by atoms with Gasteiger partial charge in [-0.05, 0) is 50.7 Å². The first-order chi connectivity index (χ1) is 9.06. The molecule has 0 radical (unpaired) electrons. The highest BCUT2D eigenvalue weighted by molar-refractivity contribution is 5.54. The Labute approximate surface area is 115 Å². The molecular weight excluding hydrogens is 238 g/mol. The Hall–Kier alpha value is -1.45. The number of aromatic nitrogens is 1. The highest BCUT2D eigenvalue weighted by atomic mass is 16.5. The van der Waals surface area contributed by atoms with E-state index >= 15 is 0 Å². The number of nitrogens with two attached hydrogens (primary N) is 1. The van der Waals surface area contributed by atoms with Crippen molar-refractivity contribution in [2.75, 3.05) is 17.7 Å². The minimum absolute atomic E-state index is 0.0663. The smallest absolute Gasteiger partial charge is 0.239 e. The van der Waals surface area contributed by atoms with Crippen LogP contribution >= 0.6 is 0 Å². The van der Waals surface area contributed by atoms with Crippen LogP contribution in [0.5, 0.6) is 5.88 Å². The maximum Gasteiger partial charge on any atom is 0.239 e. The van der Waals surface area contributed by atoms with Crippen molar-refractivity contribution in [3.8, 4) is 5.88 Å². The van der Waals surface area contributed by atoms with E-state index < -0.39 is 0 Å². The van der Waals surface area contributed by atoms with Crippen LogP contribution in [0.2, 0.25) is 0 Å². The van der Waals surface area contributed by atoms with E-state index in [1.54, 1.807) is 0 Å². The first kappa shape index (κ1) is 14.0. The molecule has 1 aromatic rings. The lowest BCUT2D eigenvalue weighted by Gasteiger charge is -2.29. The van der Waals surface area contributed by atoms with E-state index in [4.69, 9.17) is 10.5 Å². The van der Waals surface area contributed by atoms with Gasteiger partial charge in [-0.15, -0.1) is 0 Å². The lowest BCUT2D eigenvalue weighted by atomic mass is 9.96. The third-order valence-corrected chi connectivity index (χ3v) is 4.03. The number of nitrogen functional groups attached to an aromatic ring is 1. The highest BCUT2D eigenvalue weighted by Crippen LogP contribution is 2.31. The lowest BCUT2D eigenvalue weighted by molar-refractivity contribution is 0.290. The molecule has 3 N–H and O–H groups in total. The fourth-order valence-electron chi connectivity index (χ4n) is 1.85. The van der Waals surface area contributed by atoms with E-state index in [1.807, 2.05) is 12.1 Å². The van der Waals surface area contributed by atoms with Crippen molar-refractivity contribution < 1.29 is 4.74 Å². The first-order valence-corrected chi connectivity index (χ1v) is 7.24. The molecule has 0 saturated heterocycles. The summed E-state index contributed by atoms with van der Waals surface area (Å²) in [4.78, 5) is 4.49. The predicted octanol–water partition coefficient (Wildman–Crippen LogP) is 3.44. The van der Waals surface area contributed by atoms with Crippen molar-refractivity contribution >= 4 is 11.5 Å². The molecule has 0 atom stereocenters. The summed E-state index contributed by atoms with van der Waals surface area (Å²) in [6.07, 6.45) is 4.63. The number of anilines is 2. The molecule has 4 heteroatoms. The molecular formula is C15H25N3O. The van der Waals surface area contributed by atoms with Gasteiger partial charge in [-0.3, -0.25) is 0 Å². The molecule has 1 saturated carbocycles. The molecule has 2 rings (SSSR count).